The van der Waals surface area contributed by atoms with Crippen LogP contribution in [0.1, 0.15) is 13.3 Å². The lowest BCUT2D eigenvalue weighted by Crippen LogP contribution is -2.35. The van der Waals surface area contributed by atoms with Crippen LogP contribution in [0, 0.1) is 0 Å². The predicted octanol–water partition coefficient (Wildman–Crippen LogP) is 1.87. The van der Waals surface area contributed by atoms with Crippen LogP contribution in [0.5, 0.6) is 0 Å². The molecule has 1 fully saturated rings. The summed E-state index contributed by atoms with van der Waals surface area (Å²) in [7, 11) is 0. The Morgan fingerprint density at radius 3 is 3.06 bits per heavy atom. The standard InChI is InChI=1S/C11H13BrFN3O/c1-11(13)5-7(14-6-11)10(17)16-9-4-2-3-8(12)15-9/h2-4,7,14H,5-6H2,1H3,(H,15,16,17). The van der Waals surface area contributed by atoms with Gasteiger partial charge in [-0.05, 0) is 35.0 Å². The van der Waals surface area contributed by atoms with E-state index in [1.54, 1.807) is 18.2 Å². The van der Waals surface area contributed by atoms with Gasteiger partial charge >= 0.3 is 0 Å². The highest BCUT2D eigenvalue weighted by Gasteiger charge is 2.38. The van der Waals surface area contributed by atoms with Gasteiger partial charge in [-0.2, -0.15) is 0 Å². The Morgan fingerprint density at radius 2 is 2.47 bits per heavy atom. The summed E-state index contributed by atoms with van der Waals surface area (Å²) in [5.74, 6) is 0.204. The van der Waals surface area contributed by atoms with E-state index in [9.17, 15) is 9.18 Å². The molecule has 2 heterocycles. The molecule has 1 saturated heterocycles. The van der Waals surface area contributed by atoms with Crippen molar-refractivity contribution in [2.75, 3.05) is 11.9 Å². The average molecular weight is 302 g/mol. The van der Waals surface area contributed by atoms with Crippen LogP contribution >= 0.6 is 15.9 Å². The Hall–Kier alpha value is -1.01. The first-order chi connectivity index (χ1) is 7.96. The normalized spacial score (nSPS) is 28.1. The minimum absolute atomic E-state index is 0.187. The second-order valence-electron chi connectivity index (χ2n) is 4.39. The molecule has 1 aliphatic heterocycles. The third kappa shape index (κ3) is 3.23. The van der Waals surface area contributed by atoms with Crippen molar-refractivity contribution >= 4 is 27.7 Å². The summed E-state index contributed by atoms with van der Waals surface area (Å²) >= 11 is 3.22. The molecule has 1 aromatic rings. The molecule has 0 aliphatic carbocycles. The summed E-state index contributed by atoms with van der Waals surface area (Å²) in [4.78, 5) is 15.9. The number of nitrogens with zero attached hydrogens (tertiary/aromatic N) is 1. The van der Waals surface area contributed by atoms with Crippen LogP contribution in [-0.4, -0.2) is 29.1 Å². The summed E-state index contributed by atoms with van der Waals surface area (Å²) in [5.41, 5.74) is -1.31. The van der Waals surface area contributed by atoms with E-state index >= 15 is 0 Å². The Kier molecular flexibility index (Phi) is 3.44. The van der Waals surface area contributed by atoms with Gasteiger partial charge in [-0.15, -0.1) is 0 Å². The molecular formula is C11H13BrFN3O. The van der Waals surface area contributed by atoms with Gasteiger partial charge in [-0.3, -0.25) is 4.79 Å². The molecule has 2 rings (SSSR count). The van der Waals surface area contributed by atoms with Crippen LogP contribution in [0.4, 0.5) is 10.2 Å². The number of amides is 1. The Labute approximate surface area is 107 Å². The van der Waals surface area contributed by atoms with Crippen LogP contribution < -0.4 is 10.6 Å². The number of rotatable bonds is 2. The molecule has 1 aromatic heterocycles. The quantitative estimate of drug-likeness (QED) is 0.820. The Morgan fingerprint density at radius 1 is 1.71 bits per heavy atom. The van der Waals surface area contributed by atoms with Crippen molar-refractivity contribution in [2.24, 2.45) is 0 Å². The molecule has 92 valence electrons. The zero-order valence-electron chi connectivity index (χ0n) is 9.34. The summed E-state index contributed by atoms with van der Waals surface area (Å²) in [5, 5.41) is 5.51. The minimum Gasteiger partial charge on any atom is -0.309 e. The summed E-state index contributed by atoms with van der Waals surface area (Å²) < 4.78 is 14.2. The van der Waals surface area contributed by atoms with Crippen LogP contribution in [0.3, 0.4) is 0 Å². The molecule has 6 heteroatoms. The number of alkyl halides is 1. The molecule has 0 saturated carbocycles. The fourth-order valence-corrected chi connectivity index (χ4v) is 2.13. The third-order valence-corrected chi connectivity index (χ3v) is 3.07. The first-order valence-corrected chi connectivity index (χ1v) is 6.11. The SMILES string of the molecule is CC1(F)CNC(C(=O)Nc2cccc(Br)n2)C1. The number of halogens is 2. The molecule has 2 unspecified atom stereocenters. The molecule has 0 spiro atoms. The van der Waals surface area contributed by atoms with Crippen molar-refractivity contribution in [1.29, 1.82) is 0 Å². The second-order valence-corrected chi connectivity index (χ2v) is 5.20. The van der Waals surface area contributed by atoms with Crippen LogP contribution in [-0.2, 0) is 4.79 Å². The van der Waals surface area contributed by atoms with Gasteiger partial charge in [0.15, 0.2) is 0 Å². The zero-order valence-corrected chi connectivity index (χ0v) is 10.9. The van der Waals surface area contributed by atoms with E-state index in [1.165, 1.54) is 6.92 Å². The first-order valence-electron chi connectivity index (χ1n) is 5.32. The van der Waals surface area contributed by atoms with E-state index < -0.39 is 11.7 Å². The van der Waals surface area contributed by atoms with E-state index in [2.05, 4.69) is 31.5 Å². The van der Waals surface area contributed by atoms with Crippen molar-refractivity contribution < 1.29 is 9.18 Å². The van der Waals surface area contributed by atoms with Crippen molar-refractivity contribution in [3.05, 3.63) is 22.8 Å². The maximum Gasteiger partial charge on any atom is 0.242 e. The topological polar surface area (TPSA) is 54.0 Å². The highest BCUT2D eigenvalue weighted by atomic mass is 79.9. The molecule has 2 atom stereocenters. The predicted molar refractivity (Wildman–Crippen MR) is 66.5 cm³/mol. The minimum atomic E-state index is -1.31. The van der Waals surface area contributed by atoms with E-state index in [-0.39, 0.29) is 18.9 Å². The summed E-state index contributed by atoms with van der Waals surface area (Å²) in [6.07, 6.45) is 0.187. The Balaban J connectivity index is 1.98. The fraction of sp³-hybridized carbons (Fsp3) is 0.455. The highest BCUT2D eigenvalue weighted by Crippen LogP contribution is 2.23. The van der Waals surface area contributed by atoms with Crippen molar-refractivity contribution in [1.82, 2.24) is 10.3 Å². The largest absolute Gasteiger partial charge is 0.309 e. The Bertz CT molecular complexity index is 438. The number of carbonyl (C=O) groups excluding carboxylic acids is 1. The molecule has 17 heavy (non-hydrogen) atoms. The lowest BCUT2D eigenvalue weighted by molar-refractivity contribution is -0.118. The number of pyridine rings is 1. The van der Waals surface area contributed by atoms with Gasteiger partial charge in [-0.1, -0.05) is 6.07 Å². The van der Waals surface area contributed by atoms with Gasteiger partial charge in [0.25, 0.3) is 0 Å². The lowest BCUT2D eigenvalue weighted by Gasteiger charge is -2.12. The van der Waals surface area contributed by atoms with Crippen LogP contribution in [0.15, 0.2) is 22.8 Å². The number of carbonyl (C=O) groups is 1. The summed E-state index contributed by atoms with van der Waals surface area (Å²) in [6, 6.07) is 4.73. The third-order valence-electron chi connectivity index (χ3n) is 2.63. The maximum absolute atomic E-state index is 13.6. The zero-order chi connectivity index (χ0) is 12.5. The molecular weight excluding hydrogens is 289 g/mol. The molecule has 0 aromatic carbocycles. The van der Waals surface area contributed by atoms with Gasteiger partial charge in [0.1, 0.15) is 16.1 Å². The van der Waals surface area contributed by atoms with Crippen LogP contribution in [0.2, 0.25) is 0 Å². The average Bonchev–Trinajstić information content (AvgIpc) is 2.59. The number of hydrogen-bond donors (Lipinski definition) is 2. The first kappa shape index (κ1) is 12.4. The van der Waals surface area contributed by atoms with Gasteiger partial charge in [0, 0.05) is 13.0 Å². The van der Waals surface area contributed by atoms with Crippen molar-refractivity contribution in [3.8, 4) is 0 Å². The number of anilines is 1. The number of hydrogen-bond acceptors (Lipinski definition) is 3. The number of aromatic nitrogens is 1. The second kappa shape index (κ2) is 4.70. The molecule has 0 radical (unpaired) electrons. The monoisotopic (exact) mass is 301 g/mol. The van der Waals surface area contributed by atoms with E-state index in [4.69, 9.17) is 0 Å². The van der Waals surface area contributed by atoms with Crippen molar-refractivity contribution in [2.45, 2.75) is 25.1 Å². The molecule has 1 amide bonds. The van der Waals surface area contributed by atoms with E-state index in [0.29, 0.717) is 10.4 Å². The van der Waals surface area contributed by atoms with Gasteiger partial charge in [-0.25, -0.2) is 9.37 Å². The lowest BCUT2D eigenvalue weighted by atomic mass is 10.0. The molecule has 4 nitrogen and oxygen atoms in total. The molecule has 2 N–H and O–H groups in total. The van der Waals surface area contributed by atoms with Crippen LogP contribution in [0.25, 0.3) is 0 Å². The maximum atomic E-state index is 13.6. The highest BCUT2D eigenvalue weighted by molar-refractivity contribution is 9.10. The smallest absolute Gasteiger partial charge is 0.242 e. The fourth-order valence-electron chi connectivity index (χ4n) is 1.78. The van der Waals surface area contributed by atoms with E-state index in [1.807, 2.05) is 0 Å². The van der Waals surface area contributed by atoms with E-state index in [0.717, 1.165) is 0 Å². The van der Waals surface area contributed by atoms with Gasteiger partial charge in [0.05, 0.1) is 6.04 Å². The molecule has 1 aliphatic rings. The molecule has 0 bridgehead atoms. The van der Waals surface area contributed by atoms with Gasteiger partial charge in [0.2, 0.25) is 5.91 Å². The summed E-state index contributed by atoms with van der Waals surface area (Å²) in [6.45, 7) is 1.70. The van der Waals surface area contributed by atoms with Crippen molar-refractivity contribution in [3.63, 3.8) is 0 Å². The number of nitrogens with one attached hydrogen (secondary N) is 2. The van der Waals surface area contributed by atoms with Gasteiger partial charge < -0.3 is 10.6 Å².